The minimum Gasteiger partial charge on any atom is -0.349 e. The standard InChI is InChI=1S/C18H18ClFN2O3S/c19-16-10-5-12(18(23)21-14-3-1-2-4-14)11-17(16)22-26(24,25)15-8-6-13(20)7-9-15/h5-11,14,22H,1-4H2,(H,21,23). The van der Waals surface area contributed by atoms with E-state index in [-0.39, 0.29) is 27.6 Å². The van der Waals surface area contributed by atoms with Gasteiger partial charge in [-0.2, -0.15) is 0 Å². The van der Waals surface area contributed by atoms with Crippen molar-refractivity contribution >= 4 is 33.2 Å². The molecule has 2 aromatic rings. The Balaban J connectivity index is 1.81. The Morgan fingerprint density at radius 1 is 1.08 bits per heavy atom. The Hall–Kier alpha value is -2.12. The summed E-state index contributed by atoms with van der Waals surface area (Å²) in [6.45, 7) is 0. The number of carbonyl (C=O) groups is 1. The minimum atomic E-state index is -3.95. The largest absolute Gasteiger partial charge is 0.349 e. The van der Waals surface area contributed by atoms with Crippen LogP contribution in [0.25, 0.3) is 0 Å². The van der Waals surface area contributed by atoms with Crippen molar-refractivity contribution in [3.63, 3.8) is 0 Å². The zero-order valence-corrected chi connectivity index (χ0v) is 15.4. The average Bonchev–Trinajstić information content (AvgIpc) is 3.10. The summed E-state index contributed by atoms with van der Waals surface area (Å²) < 4.78 is 40.2. The molecule has 8 heteroatoms. The lowest BCUT2D eigenvalue weighted by Crippen LogP contribution is -2.32. The summed E-state index contributed by atoms with van der Waals surface area (Å²) >= 11 is 6.07. The number of rotatable bonds is 5. The van der Waals surface area contributed by atoms with E-state index in [4.69, 9.17) is 11.6 Å². The summed E-state index contributed by atoms with van der Waals surface area (Å²) in [4.78, 5) is 12.3. The van der Waals surface area contributed by atoms with E-state index in [1.807, 2.05) is 0 Å². The second kappa shape index (κ2) is 7.63. The average molecular weight is 397 g/mol. The van der Waals surface area contributed by atoms with Crippen molar-refractivity contribution in [1.82, 2.24) is 5.32 Å². The molecule has 2 N–H and O–H groups in total. The molecule has 26 heavy (non-hydrogen) atoms. The highest BCUT2D eigenvalue weighted by atomic mass is 35.5. The molecule has 3 rings (SSSR count). The zero-order chi connectivity index (χ0) is 18.7. The number of anilines is 1. The van der Waals surface area contributed by atoms with Crippen molar-refractivity contribution in [2.24, 2.45) is 0 Å². The number of benzene rings is 2. The molecule has 0 heterocycles. The fourth-order valence-corrected chi connectivity index (χ4v) is 4.19. The number of sulfonamides is 1. The first kappa shape index (κ1) is 18.7. The van der Waals surface area contributed by atoms with E-state index >= 15 is 0 Å². The first-order valence-electron chi connectivity index (χ1n) is 8.24. The maximum atomic E-state index is 13.0. The van der Waals surface area contributed by atoms with E-state index in [0.717, 1.165) is 49.9 Å². The number of hydrogen-bond acceptors (Lipinski definition) is 3. The predicted octanol–water partition coefficient (Wildman–Crippen LogP) is 3.95. The molecule has 0 radical (unpaired) electrons. The normalized spacial score (nSPS) is 15.0. The first-order valence-corrected chi connectivity index (χ1v) is 10.1. The van der Waals surface area contributed by atoms with Gasteiger partial charge in [-0.15, -0.1) is 0 Å². The Kier molecular flexibility index (Phi) is 5.48. The molecule has 0 aromatic heterocycles. The van der Waals surface area contributed by atoms with Crippen LogP contribution in [0.15, 0.2) is 47.4 Å². The van der Waals surface area contributed by atoms with E-state index in [1.165, 1.54) is 12.1 Å². The summed E-state index contributed by atoms with van der Waals surface area (Å²) in [5.41, 5.74) is 0.410. The van der Waals surface area contributed by atoms with Crippen LogP contribution in [0.2, 0.25) is 5.02 Å². The van der Waals surface area contributed by atoms with E-state index in [2.05, 4.69) is 10.0 Å². The van der Waals surface area contributed by atoms with E-state index in [0.29, 0.717) is 5.56 Å². The van der Waals surface area contributed by atoms with Gasteiger partial charge < -0.3 is 5.32 Å². The van der Waals surface area contributed by atoms with Crippen LogP contribution in [0.5, 0.6) is 0 Å². The molecule has 5 nitrogen and oxygen atoms in total. The summed E-state index contributed by atoms with van der Waals surface area (Å²) in [5, 5.41) is 3.10. The van der Waals surface area contributed by atoms with Crippen LogP contribution < -0.4 is 10.0 Å². The molecule has 138 valence electrons. The second-order valence-corrected chi connectivity index (χ2v) is 8.30. The highest BCUT2D eigenvalue weighted by molar-refractivity contribution is 7.92. The number of hydrogen-bond donors (Lipinski definition) is 2. The third kappa shape index (κ3) is 4.34. The van der Waals surface area contributed by atoms with Gasteiger partial charge in [-0.1, -0.05) is 24.4 Å². The molecule has 0 saturated heterocycles. The molecule has 1 saturated carbocycles. The predicted molar refractivity (Wildman–Crippen MR) is 98.4 cm³/mol. The van der Waals surface area contributed by atoms with Gasteiger partial charge in [-0.3, -0.25) is 9.52 Å². The van der Waals surface area contributed by atoms with Gasteiger partial charge in [0, 0.05) is 11.6 Å². The van der Waals surface area contributed by atoms with Gasteiger partial charge in [-0.25, -0.2) is 12.8 Å². The lowest BCUT2D eigenvalue weighted by Gasteiger charge is -2.14. The van der Waals surface area contributed by atoms with Crippen molar-refractivity contribution in [1.29, 1.82) is 0 Å². The van der Waals surface area contributed by atoms with Crippen molar-refractivity contribution in [2.75, 3.05) is 4.72 Å². The SMILES string of the molecule is O=C(NC1CCCC1)c1ccc(Cl)c(NS(=O)(=O)c2ccc(F)cc2)c1. The van der Waals surface area contributed by atoms with Gasteiger partial charge in [0.25, 0.3) is 15.9 Å². The van der Waals surface area contributed by atoms with Crippen molar-refractivity contribution < 1.29 is 17.6 Å². The molecule has 0 aliphatic heterocycles. The lowest BCUT2D eigenvalue weighted by molar-refractivity contribution is 0.0938. The second-order valence-electron chi connectivity index (χ2n) is 6.21. The molecule has 0 bridgehead atoms. The maximum absolute atomic E-state index is 13.0. The summed E-state index contributed by atoms with van der Waals surface area (Å²) in [6.07, 6.45) is 4.08. The number of nitrogens with one attached hydrogen (secondary N) is 2. The fraction of sp³-hybridized carbons (Fsp3) is 0.278. The number of amides is 1. The molecular formula is C18H18ClFN2O3S. The van der Waals surface area contributed by atoms with E-state index < -0.39 is 15.8 Å². The van der Waals surface area contributed by atoms with Crippen molar-refractivity contribution in [3.8, 4) is 0 Å². The molecular weight excluding hydrogens is 379 g/mol. The molecule has 1 amide bonds. The Bertz CT molecular complexity index is 911. The zero-order valence-electron chi connectivity index (χ0n) is 13.8. The fourth-order valence-electron chi connectivity index (χ4n) is 2.90. The summed E-state index contributed by atoms with van der Waals surface area (Å²) in [5.74, 6) is -0.802. The van der Waals surface area contributed by atoms with Crippen LogP contribution in [0.4, 0.5) is 10.1 Å². The molecule has 2 aromatic carbocycles. The van der Waals surface area contributed by atoms with E-state index in [9.17, 15) is 17.6 Å². The van der Waals surface area contributed by atoms with Crippen LogP contribution in [0.1, 0.15) is 36.0 Å². The van der Waals surface area contributed by atoms with Crippen LogP contribution in [0.3, 0.4) is 0 Å². The van der Waals surface area contributed by atoms with Gasteiger partial charge >= 0.3 is 0 Å². The van der Waals surface area contributed by atoms with Gasteiger partial charge in [0.05, 0.1) is 15.6 Å². The van der Waals surface area contributed by atoms with Crippen LogP contribution in [-0.4, -0.2) is 20.4 Å². The smallest absolute Gasteiger partial charge is 0.261 e. The van der Waals surface area contributed by atoms with Crippen LogP contribution in [-0.2, 0) is 10.0 Å². The Morgan fingerprint density at radius 2 is 1.73 bits per heavy atom. The quantitative estimate of drug-likeness (QED) is 0.803. The van der Waals surface area contributed by atoms with Crippen LogP contribution >= 0.6 is 11.6 Å². The van der Waals surface area contributed by atoms with E-state index in [1.54, 1.807) is 6.07 Å². The first-order chi connectivity index (χ1) is 12.3. The summed E-state index contributed by atoms with van der Waals surface area (Å²) in [6, 6.07) is 8.98. The Labute approximate surface area is 156 Å². The summed E-state index contributed by atoms with van der Waals surface area (Å²) in [7, 11) is -3.95. The third-order valence-electron chi connectivity index (χ3n) is 4.29. The third-order valence-corrected chi connectivity index (χ3v) is 6.00. The van der Waals surface area contributed by atoms with Crippen LogP contribution in [0, 0.1) is 5.82 Å². The molecule has 0 unspecified atom stereocenters. The van der Waals surface area contributed by atoms with Crippen molar-refractivity contribution in [3.05, 3.63) is 58.9 Å². The maximum Gasteiger partial charge on any atom is 0.261 e. The highest BCUT2D eigenvalue weighted by Gasteiger charge is 2.20. The molecule has 1 aliphatic carbocycles. The molecule has 0 spiro atoms. The van der Waals surface area contributed by atoms with Gasteiger partial charge in [0.15, 0.2) is 0 Å². The van der Waals surface area contributed by atoms with Gasteiger partial charge in [-0.05, 0) is 55.3 Å². The number of halogens is 2. The monoisotopic (exact) mass is 396 g/mol. The lowest BCUT2D eigenvalue weighted by atomic mass is 10.1. The van der Waals surface area contributed by atoms with Crippen molar-refractivity contribution in [2.45, 2.75) is 36.6 Å². The molecule has 0 atom stereocenters. The number of carbonyl (C=O) groups excluding carboxylic acids is 1. The Morgan fingerprint density at radius 3 is 2.38 bits per heavy atom. The van der Waals surface area contributed by atoms with Gasteiger partial charge in [0.1, 0.15) is 5.82 Å². The topological polar surface area (TPSA) is 75.3 Å². The molecule has 1 aliphatic rings. The highest BCUT2D eigenvalue weighted by Crippen LogP contribution is 2.26. The molecule has 1 fully saturated rings. The van der Waals surface area contributed by atoms with Gasteiger partial charge in [0.2, 0.25) is 0 Å². The minimum absolute atomic E-state index is 0.0927.